The van der Waals surface area contributed by atoms with Crippen LogP contribution in [0.15, 0.2) is 30.3 Å². The minimum atomic E-state index is -0.519. The van der Waals surface area contributed by atoms with Gasteiger partial charge in [0.1, 0.15) is 0 Å². The summed E-state index contributed by atoms with van der Waals surface area (Å²) in [5.41, 5.74) is 1.08. The van der Waals surface area contributed by atoms with Crippen LogP contribution in [-0.2, 0) is 11.2 Å². The van der Waals surface area contributed by atoms with E-state index in [0.29, 0.717) is 13.0 Å². The SMILES string of the molecule is Cl.O=C(NCC(O)Cc1ccccc1)C1CNC1. The third-order valence-electron chi connectivity index (χ3n) is 2.98. The summed E-state index contributed by atoms with van der Waals surface area (Å²) in [7, 11) is 0. The summed E-state index contributed by atoms with van der Waals surface area (Å²) in [5.74, 6) is 0.120. The van der Waals surface area contributed by atoms with E-state index in [0.717, 1.165) is 18.7 Å². The van der Waals surface area contributed by atoms with E-state index in [-0.39, 0.29) is 24.2 Å². The molecule has 0 aliphatic carbocycles. The van der Waals surface area contributed by atoms with E-state index in [1.807, 2.05) is 30.3 Å². The Morgan fingerprint density at radius 3 is 2.61 bits per heavy atom. The highest BCUT2D eigenvalue weighted by atomic mass is 35.5. The van der Waals surface area contributed by atoms with Crippen LogP contribution in [0.25, 0.3) is 0 Å². The second kappa shape index (κ2) is 7.36. The molecule has 1 aliphatic rings. The van der Waals surface area contributed by atoms with Crippen molar-refractivity contribution >= 4 is 18.3 Å². The molecule has 4 nitrogen and oxygen atoms in total. The number of halogens is 1. The molecule has 0 saturated carbocycles. The lowest BCUT2D eigenvalue weighted by atomic mass is 10.0. The fourth-order valence-corrected chi connectivity index (χ4v) is 1.80. The van der Waals surface area contributed by atoms with Crippen LogP contribution in [0.3, 0.4) is 0 Å². The Kier molecular flexibility index (Phi) is 6.12. The van der Waals surface area contributed by atoms with Crippen LogP contribution in [-0.4, -0.2) is 36.8 Å². The zero-order valence-corrected chi connectivity index (χ0v) is 11.0. The molecule has 3 N–H and O–H groups in total. The van der Waals surface area contributed by atoms with Crippen molar-refractivity contribution in [3.8, 4) is 0 Å². The molecule has 0 spiro atoms. The Bertz CT molecular complexity index is 369. The zero-order valence-electron chi connectivity index (χ0n) is 10.1. The van der Waals surface area contributed by atoms with Crippen molar-refractivity contribution in [2.75, 3.05) is 19.6 Å². The number of aliphatic hydroxyl groups is 1. The predicted octanol–water partition coefficient (Wildman–Crippen LogP) is 0.347. The fraction of sp³-hybridized carbons (Fsp3) is 0.462. The molecule has 1 heterocycles. The highest BCUT2D eigenvalue weighted by Gasteiger charge is 2.24. The number of hydrogen-bond acceptors (Lipinski definition) is 3. The Labute approximate surface area is 113 Å². The molecular formula is C13H19ClN2O2. The smallest absolute Gasteiger partial charge is 0.225 e. The van der Waals surface area contributed by atoms with Gasteiger partial charge in [0.25, 0.3) is 0 Å². The van der Waals surface area contributed by atoms with Crippen molar-refractivity contribution in [3.63, 3.8) is 0 Å². The molecular weight excluding hydrogens is 252 g/mol. The van der Waals surface area contributed by atoms with Crippen molar-refractivity contribution in [2.24, 2.45) is 5.92 Å². The number of rotatable bonds is 5. The van der Waals surface area contributed by atoms with Gasteiger partial charge in [0, 0.05) is 26.1 Å². The topological polar surface area (TPSA) is 61.4 Å². The maximum atomic E-state index is 11.5. The van der Waals surface area contributed by atoms with Crippen molar-refractivity contribution < 1.29 is 9.90 Å². The number of carbonyl (C=O) groups is 1. The van der Waals surface area contributed by atoms with Gasteiger partial charge in [0.05, 0.1) is 12.0 Å². The average Bonchev–Trinajstić information content (AvgIpc) is 2.25. The Morgan fingerprint density at radius 2 is 2.06 bits per heavy atom. The van der Waals surface area contributed by atoms with Crippen LogP contribution in [0.5, 0.6) is 0 Å². The zero-order chi connectivity index (χ0) is 12.1. The molecule has 1 saturated heterocycles. The standard InChI is InChI=1S/C13H18N2O2.ClH/c16-12(6-10-4-2-1-3-5-10)9-15-13(17)11-7-14-8-11;/h1-5,11-12,14,16H,6-9H2,(H,15,17);1H. The Morgan fingerprint density at radius 1 is 1.39 bits per heavy atom. The molecule has 1 amide bonds. The molecule has 1 unspecified atom stereocenters. The fourth-order valence-electron chi connectivity index (χ4n) is 1.80. The number of amides is 1. The van der Waals surface area contributed by atoms with Crippen LogP contribution in [0.4, 0.5) is 0 Å². The second-order valence-corrected chi connectivity index (χ2v) is 4.44. The Hall–Kier alpha value is -1.10. The van der Waals surface area contributed by atoms with Crippen LogP contribution in [0.1, 0.15) is 5.56 Å². The van der Waals surface area contributed by atoms with Crippen LogP contribution >= 0.6 is 12.4 Å². The third kappa shape index (κ3) is 4.29. The van der Waals surface area contributed by atoms with Crippen LogP contribution < -0.4 is 10.6 Å². The largest absolute Gasteiger partial charge is 0.391 e. The minimum absolute atomic E-state index is 0. The summed E-state index contributed by atoms with van der Waals surface area (Å²) in [4.78, 5) is 11.5. The van der Waals surface area contributed by atoms with Gasteiger partial charge in [-0.1, -0.05) is 30.3 Å². The lowest BCUT2D eigenvalue weighted by Crippen LogP contribution is -2.51. The molecule has 0 bridgehead atoms. The monoisotopic (exact) mass is 270 g/mol. The molecule has 0 aromatic heterocycles. The van der Waals surface area contributed by atoms with Gasteiger partial charge < -0.3 is 15.7 Å². The first-order chi connectivity index (χ1) is 8.25. The first-order valence-corrected chi connectivity index (χ1v) is 5.96. The predicted molar refractivity (Wildman–Crippen MR) is 72.8 cm³/mol. The third-order valence-corrected chi connectivity index (χ3v) is 2.98. The van der Waals surface area contributed by atoms with Crippen molar-refractivity contribution in [1.82, 2.24) is 10.6 Å². The molecule has 1 aliphatic heterocycles. The summed E-state index contributed by atoms with van der Waals surface area (Å²) in [6, 6.07) is 9.78. The maximum Gasteiger partial charge on any atom is 0.225 e. The quantitative estimate of drug-likeness (QED) is 0.724. The average molecular weight is 271 g/mol. The summed E-state index contributed by atoms with van der Waals surface area (Å²) in [6.07, 6.45) is 0.0544. The van der Waals surface area contributed by atoms with Crippen LogP contribution in [0, 0.1) is 5.92 Å². The number of benzene rings is 1. The number of hydrogen-bond donors (Lipinski definition) is 3. The van der Waals surface area contributed by atoms with E-state index >= 15 is 0 Å². The molecule has 2 rings (SSSR count). The van der Waals surface area contributed by atoms with E-state index in [1.165, 1.54) is 0 Å². The van der Waals surface area contributed by atoms with Gasteiger partial charge >= 0.3 is 0 Å². The number of carbonyl (C=O) groups excluding carboxylic acids is 1. The summed E-state index contributed by atoms with van der Waals surface area (Å²) < 4.78 is 0. The van der Waals surface area contributed by atoms with Gasteiger partial charge in [-0.05, 0) is 5.56 Å². The molecule has 5 heteroatoms. The van der Waals surface area contributed by atoms with E-state index in [1.54, 1.807) is 0 Å². The number of nitrogens with one attached hydrogen (secondary N) is 2. The lowest BCUT2D eigenvalue weighted by Gasteiger charge is -2.26. The second-order valence-electron chi connectivity index (χ2n) is 4.44. The molecule has 1 atom stereocenters. The normalized spacial score (nSPS) is 16.3. The van der Waals surface area contributed by atoms with Gasteiger partial charge in [-0.15, -0.1) is 12.4 Å². The van der Waals surface area contributed by atoms with E-state index in [9.17, 15) is 9.90 Å². The lowest BCUT2D eigenvalue weighted by molar-refractivity contribution is -0.126. The van der Waals surface area contributed by atoms with E-state index < -0.39 is 6.10 Å². The van der Waals surface area contributed by atoms with Gasteiger partial charge in [-0.25, -0.2) is 0 Å². The molecule has 1 fully saturated rings. The highest BCUT2D eigenvalue weighted by molar-refractivity contribution is 5.85. The molecule has 0 radical (unpaired) electrons. The van der Waals surface area contributed by atoms with Gasteiger partial charge in [0.2, 0.25) is 5.91 Å². The summed E-state index contributed by atoms with van der Waals surface area (Å²) in [5, 5.41) is 15.6. The summed E-state index contributed by atoms with van der Waals surface area (Å²) >= 11 is 0. The number of aliphatic hydroxyl groups excluding tert-OH is 1. The molecule has 1 aromatic rings. The minimum Gasteiger partial charge on any atom is -0.391 e. The van der Waals surface area contributed by atoms with Gasteiger partial charge in [0.15, 0.2) is 0 Å². The molecule has 18 heavy (non-hydrogen) atoms. The van der Waals surface area contributed by atoms with E-state index in [2.05, 4.69) is 10.6 Å². The first-order valence-electron chi connectivity index (χ1n) is 5.96. The maximum absolute atomic E-state index is 11.5. The summed E-state index contributed by atoms with van der Waals surface area (Å²) in [6.45, 7) is 1.82. The molecule has 100 valence electrons. The van der Waals surface area contributed by atoms with Gasteiger partial charge in [-0.2, -0.15) is 0 Å². The highest BCUT2D eigenvalue weighted by Crippen LogP contribution is 2.04. The van der Waals surface area contributed by atoms with Crippen molar-refractivity contribution in [1.29, 1.82) is 0 Å². The first kappa shape index (κ1) is 15.0. The van der Waals surface area contributed by atoms with E-state index in [4.69, 9.17) is 0 Å². The Balaban J connectivity index is 0.00000162. The van der Waals surface area contributed by atoms with Crippen molar-refractivity contribution in [2.45, 2.75) is 12.5 Å². The van der Waals surface area contributed by atoms with Crippen LogP contribution in [0.2, 0.25) is 0 Å². The molecule has 1 aromatic carbocycles. The van der Waals surface area contributed by atoms with Crippen molar-refractivity contribution in [3.05, 3.63) is 35.9 Å². The van der Waals surface area contributed by atoms with Gasteiger partial charge in [-0.3, -0.25) is 4.79 Å².